The minimum Gasteiger partial charge on any atom is -0.496 e. The summed E-state index contributed by atoms with van der Waals surface area (Å²) in [5.74, 6) is 1.65. The maximum absolute atomic E-state index is 12.6. The van der Waals surface area contributed by atoms with Gasteiger partial charge in [-0.2, -0.15) is 0 Å². The van der Waals surface area contributed by atoms with Crippen molar-refractivity contribution in [3.05, 3.63) is 54.1 Å². The molecule has 2 aliphatic heterocycles. The number of piperidine rings is 1. The topological polar surface area (TPSA) is 41.6 Å². The standard InChI is InChI=1S/C21H24N2O2S/c1-25-19-4-2-3-5-20(19)26-18-8-6-16(7-9-18)21(24)22-17-12-15-10-11-23(13-15)14-17/h2-9,15,17H,10-14H2,1H3,(H,22,24)/t15-,17+/m0/s1. The van der Waals surface area contributed by atoms with Crippen molar-refractivity contribution in [2.75, 3.05) is 26.7 Å². The third kappa shape index (κ3) is 3.89. The molecule has 1 amide bonds. The number of amides is 1. The average Bonchev–Trinajstić information content (AvgIpc) is 3.01. The fourth-order valence-electron chi connectivity index (χ4n) is 3.94. The van der Waals surface area contributed by atoms with E-state index in [2.05, 4.69) is 10.2 Å². The number of methoxy groups -OCH3 is 1. The fourth-order valence-corrected chi connectivity index (χ4v) is 4.86. The summed E-state index contributed by atoms with van der Waals surface area (Å²) >= 11 is 1.64. The number of hydrogen-bond acceptors (Lipinski definition) is 4. The molecular weight excluding hydrogens is 344 g/mol. The van der Waals surface area contributed by atoms with Gasteiger partial charge in [-0.05, 0) is 61.7 Å². The Balaban J connectivity index is 1.38. The van der Waals surface area contributed by atoms with E-state index in [4.69, 9.17) is 4.74 Å². The van der Waals surface area contributed by atoms with E-state index in [9.17, 15) is 4.79 Å². The van der Waals surface area contributed by atoms with Crippen molar-refractivity contribution >= 4 is 17.7 Å². The van der Waals surface area contributed by atoms with Crippen molar-refractivity contribution in [1.29, 1.82) is 0 Å². The summed E-state index contributed by atoms with van der Waals surface area (Å²) in [6.07, 6.45) is 2.39. The third-order valence-electron chi connectivity index (χ3n) is 5.22. The van der Waals surface area contributed by atoms with E-state index in [1.54, 1.807) is 18.9 Å². The summed E-state index contributed by atoms with van der Waals surface area (Å²) in [5.41, 5.74) is 0.724. The quantitative estimate of drug-likeness (QED) is 0.874. The molecule has 2 saturated heterocycles. The van der Waals surface area contributed by atoms with Gasteiger partial charge in [-0.25, -0.2) is 0 Å². The molecule has 2 aromatic rings. The summed E-state index contributed by atoms with van der Waals surface area (Å²) < 4.78 is 5.40. The Morgan fingerprint density at radius 2 is 1.96 bits per heavy atom. The highest BCUT2D eigenvalue weighted by molar-refractivity contribution is 7.99. The number of rotatable bonds is 5. The molecule has 5 heteroatoms. The van der Waals surface area contributed by atoms with Gasteiger partial charge in [-0.1, -0.05) is 23.9 Å². The van der Waals surface area contributed by atoms with Crippen molar-refractivity contribution < 1.29 is 9.53 Å². The molecule has 1 N–H and O–H groups in total. The third-order valence-corrected chi connectivity index (χ3v) is 6.28. The molecule has 4 rings (SSSR count). The zero-order chi connectivity index (χ0) is 17.9. The van der Waals surface area contributed by atoms with E-state index in [0.29, 0.717) is 0 Å². The van der Waals surface area contributed by atoms with E-state index >= 15 is 0 Å². The van der Waals surface area contributed by atoms with E-state index in [0.717, 1.165) is 40.0 Å². The number of nitrogens with one attached hydrogen (secondary N) is 1. The van der Waals surface area contributed by atoms with Gasteiger partial charge in [0.2, 0.25) is 0 Å². The van der Waals surface area contributed by atoms with Crippen LogP contribution in [0.2, 0.25) is 0 Å². The van der Waals surface area contributed by atoms with Crippen molar-refractivity contribution in [3.8, 4) is 5.75 Å². The van der Waals surface area contributed by atoms with Crippen LogP contribution in [0.15, 0.2) is 58.3 Å². The van der Waals surface area contributed by atoms with Gasteiger partial charge >= 0.3 is 0 Å². The second-order valence-electron chi connectivity index (χ2n) is 7.10. The van der Waals surface area contributed by atoms with Crippen LogP contribution in [0.4, 0.5) is 0 Å². The van der Waals surface area contributed by atoms with Gasteiger partial charge in [0.1, 0.15) is 5.75 Å². The van der Waals surface area contributed by atoms with E-state index in [1.165, 1.54) is 19.5 Å². The minimum atomic E-state index is 0.0336. The molecule has 0 radical (unpaired) electrons. The first-order chi connectivity index (χ1) is 12.7. The predicted octanol–water partition coefficient (Wildman–Crippen LogP) is 3.67. The largest absolute Gasteiger partial charge is 0.496 e. The normalized spacial score (nSPS) is 24.3. The SMILES string of the molecule is COc1ccccc1Sc1ccc(C(=O)N[C@@H]2C[C@@H]3CCN(C3)C2)cc1. The van der Waals surface area contributed by atoms with Crippen LogP contribution in [0.3, 0.4) is 0 Å². The van der Waals surface area contributed by atoms with Gasteiger partial charge in [-0.15, -0.1) is 0 Å². The molecule has 0 aromatic heterocycles. The zero-order valence-electron chi connectivity index (χ0n) is 15.0. The molecule has 2 fully saturated rings. The number of para-hydroxylation sites is 1. The van der Waals surface area contributed by atoms with Crippen molar-refractivity contribution in [2.24, 2.45) is 5.92 Å². The van der Waals surface area contributed by atoms with Gasteiger partial charge in [-0.3, -0.25) is 4.79 Å². The second kappa shape index (κ2) is 7.72. The number of hydrogen-bond donors (Lipinski definition) is 1. The van der Waals surface area contributed by atoms with Crippen LogP contribution in [-0.2, 0) is 0 Å². The first-order valence-electron chi connectivity index (χ1n) is 9.15. The molecule has 2 bridgehead atoms. The van der Waals surface area contributed by atoms with Crippen LogP contribution in [0.5, 0.6) is 5.75 Å². The first-order valence-corrected chi connectivity index (χ1v) is 9.97. The van der Waals surface area contributed by atoms with Gasteiger partial charge < -0.3 is 15.0 Å². The lowest BCUT2D eigenvalue weighted by molar-refractivity contribution is 0.0909. The number of carbonyl (C=O) groups excluding carboxylic acids is 1. The number of benzene rings is 2. The summed E-state index contributed by atoms with van der Waals surface area (Å²) in [4.78, 5) is 17.2. The van der Waals surface area contributed by atoms with Gasteiger partial charge in [0.25, 0.3) is 5.91 Å². The molecule has 0 saturated carbocycles. The molecule has 26 heavy (non-hydrogen) atoms. The molecule has 2 heterocycles. The Morgan fingerprint density at radius 1 is 1.15 bits per heavy atom. The molecule has 0 spiro atoms. The van der Waals surface area contributed by atoms with Crippen LogP contribution < -0.4 is 10.1 Å². The lowest BCUT2D eigenvalue weighted by Gasteiger charge is -2.30. The number of ether oxygens (including phenoxy) is 1. The van der Waals surface area contributed by atoms with Crippen LogP contribution in [0.1, 0.15) is 23.2 Å². The average molecular weight is 369 g/mol. The minimum absolute atomic E-state index is 0.0336. The molecule has 2 aliphatic rings. The van der Waals surface area contributed by atoms with E-state index < -0.39 is 0 Å². The highest BCUT2D eigenvalue weighted by Crippen LogP contribution is 2.34. The number of carbonyl (C=O) groups is 1. The Morgan fingerprint density at radius 3 is 2.73 bits per heavy atom. The smallest absolute Gasteiger partial charge is 0.251 e. The highest BCUT2D eigenvalue weighted by atomic mass is 32.2. The molecule has 4 nitrogen and oxygen atoms in total. The number of nitrogens with zero attached hydrogens (tertiary/aromatic N) is 1. The Labute approximate surface area is 158 Å². The molecule has 136 valence electrons. The van der Waals surface area contributed by atoms with Gasteiger partial charge in [0, 0.05) is 29.6 Å². The van der Waals surface area contributed by atoms with Crippen LogP contribution in [0, 0.1) is 5.92 Å². The molecular formula is C21H24N2O2S. The Kier molecular flexibility index (Phi) is 5.18. The van der Waals surface area contributed by atoms with Crippen molar-refractivity contribution in [1.82, 2.24) is 10.2 Å². The van der Waals surface area contributed by atoms with Crippen LogP contribution in [-0.4, -0.2) is 43.6 Å². The zero-order valence-corrected chi connectivity index (χ0v) is 15.8. The lowest BCUT2D eigenvalue weighted by atomic mass is 9.96. The predicted molar refractivity (Wildman–Crippen MR) is 104 cm³/mol. The lowest BCUT2D eigenvalue weighted by Crippen LogP contribution is -2.47. The highest BCUT2D eigenvalue weighted by Gasteiger charge is 2.32. The van der Waals surface area contributed by atoms with Gasteiger partial charge in [0.15, 0.2) is 0 Å². The maximum Gasteiger partial charge on any atom is 0.251 e. The van der Waals surface area contributed by atoms with Crippen LogP contribution >= 0.6 is 11.8 Å². The Hall–Kier alpha value is -1.98. The molecule has 1 unspecified atom stereocenters. The molecule has 2 aromatic carbocycles. The monoisotopic (exact) mass is 368 g/mol. The second-order valence-corrected chi connectivity index (χ2v) is 8.21. The van der Waals surface area contributed by atoms with Crippen molar-refractivity contribution in [3.63, 3.8) is 0 Å². The summed E-state index contributed by atoms with van der Waals surface area (Å²) in [6.45, 7) is 3.39. The van der Waals surface area contributed by atoms with E-state index in [1.807, 2.05) is 48.5 Å². The first kappa shape index (κ1) is 17.4. The molecule has 3 atom stereocenters. The molecule has 0 aliphatic carbocycles. The summed E-state index contributed by atoms with van der Waals surface area (Å²) in [6, 6.07) is 16.1. The van der Waals surface area contributed by atoms with Gasteiger partial charge in [0.05, 0.1) is 12.0 Å². The summed E-state index contributed by atoms with van der Waals surface area (Å²) in [5, 5.41) is 3.22. The Bertz CT molecular complexity index is 766. The van der Waals surface area contributed by atoms with Crippen LogP contribution in [0.25, 0.3) is 0 Å². The maximum atomic E-state index is 12.6. The number of fused-ring (bicyclic) bond motifs is 2. The van der Waals surface area contributed by atoms with E-state index in [-0.39, 0.29) is 11.9 Å². The fraction of sp³-hybridized carbons (Fsp3) is 0.381. The summed E-state index contributed by atoms with van der Waals surface area (Å²) in [7, 11) is 1.68. The van der Waals surface area contributed by atoms with Crippen molar-refractivity contribution in [2.45, 2.75) is 28.7 Å².